The Labute approximate surface area is 157 Å². The molecule has 7 heteroatoms. The molecule has 0 fully saturated rings. The standard InChI is InChI=1S/C19H15BrFN3O2/c1-12-5-6-15(10-16(12)21)22-18(25)11-24-19(26)8-7-17(23-24)13-3-2-4-14(20)9-13/h2-10H,11H2,1H3,(H,22,25). The molecule has 0 aliphatic carbocycles. The predicted molar refractivity (Wildman–Crippen MR) is 101 cm³/mol. The molecular formula is C19H15BrFN3O2. The van der Waals surface area contributed by atoms with Crippen molar-refractivity contribution in [3.8, 4) is 11.3 Å². The van der Waals surface area contributed by atoms with Gasteiger partial charge in [0.2, 0.25) is 5.91 Å². The molecule has 132 valence electrons. The first-order chi connectivity index (χ1) is 12.4. The van der Waals surface area contributed by atoms with Crippen molar-refractivity contribution in [2.24, 2.45) is 0 Å². The van der Waals surface area contributed by atoms with Crippen LogP contribution in [0.15, 0.2) is 63.9 Å². The Morgan fingerprint density at radius 2 is 2.00 bits per heavy atom. The topological polar surface area (TPSA) is 64.0 Å². The Balaban J connectivity index is 1.80. The number of hydrogen-bond acceptors (Lipinski definition) is 3. The van der Waals surface area contributed by atoms with E-state index in [-0.39, 0.29) is 6.54 Å². The van der Waals surface area contributed by atoms with Crippen LogP contribution in [0.4, 0.5) is 10.1 Å². The van der Waals surface area contributed by atoms with E-state index in [0.29, 0.717) is 16.9 Å². The van der Waals surface area contributed by atoms with Crippen LogP contribution < -0.4 is 10.9 Å². The average molecular weight is 416 g/mol. The number of halogens is 2. The molecule has 3 aromatic rings. The summed E-state index contributed by atoms with van der Waals surface area (Å²) in [5, 5.41) is 6.81. The summed E-state index contributed by atoms with van der Waals surface area (Å²) in [6.07, 6.45) is 0. The lowest BCUT2D eigenvalue weighted by Crippen LogP contribution is -2.29. The summed E-state index contributed by atoms with van der Waals surface area (Å²) < 4.78 is 15.5. The van der Waals surface area contributed by atoms with Crippen LogP contribution in [0, 0.1) is 12.7 Å². The maximum atomic E-state index is 13.6. The first-order valence-electron chi connectivity index (χ1n) is 7.82. The number of rotatable bonds is 4. The second kappa shape index (κ2) is 7.61. The van der Waals surface area contributed by atoms with Gasteiger partial charge < -0.3 is 5.32 Å². The number of hydrogen-bond donors (Lipinski definition) is 1. The largest absolute Gasteiger partial charge is 0.324 e. The van der Waals surface area contributed by atoms with E-state index in [4.69, 9.17) is 0 Å². The number of carbonyl (C=O) groups is 1. The molecule has 0 radical (unpaired) electrons. The number of nitrogens with one attached hydrogen (secondary N) is 1. The highest BCUT2D eigenvalue weighted by atomic mass is 79.9. The number of aryl methyl sites for hydroxylation is 1. The van der Waals surface area contributed by atoms with Crippen LogP contribution >= 0.6 is 15.9 Å². The van der Waals surface area contributed by atoms with E-state index < -0.39 is 17.3 Å². The second-order valence-corrected chi connectivity index (χ2v) is 6.65. The van der Waals surface area contributed by atoms with E-state index in [9.17, 15) is 14.0 Å². The van der Waals surface area contributed by atoms with Gasteiger partial charge in [-0.05, 0) is 42.8 Å². The molecule has 0 unspecified atom stereocenters. The van der Waals surface area contributed by atoms with Gasteiger partial charge in [0, 0.05) is 21.8 Å². The highest BCUT2D eigenvalue weighted by Gasteiger charge is 2.09. The van der Waals surface area contributed by atoms with Crippen LogP contribution in [-0.2, 0) is 11.3 Å². The zero-order chi connectivity index (χ0) is 18.7. The number of carbonyl (C=O) groups excluding carboxylic acids is 1. The molecule has 0 bridgehead atoms. The van der Waals surface area contributed by atoms with E-state index in [1.807, 2.05) is 24.3 Å². The fraction of sp³-hybridized carbons (Fsp3) is 0.105. The summed E-state index contributed by atoms with van der Waals surface area (Å²) in [5.41, 5.74) is 1.81. The molecule has 1 N–H and O–H groups in total. The lowest BCUT2D eigenvalue weighted by atomic mass is 10.1. The number of amides is 1. The Kier molecular flexibility index (Phi) is 5.27. The van der Waals surface area contributed by atoms with Crippen LogP contribution in [0.1, 0.15) is 5.56 Å². The van der Waals surface area contributed by atoms with Gasteiger partial charge in [-0.1, -0.05) is 34.1 Å². The summed E-state index contributed by atoms with van der Waals surface area (Å²) in [7, 11) is 0. The highest BCUT2D eigenvalue weighted by Crippen LogP contribution is 2.20. The number of benzene rings is 2. The van der Waals surface area contributed by atoms with Crippen LogP contribution in [0.5, 0.6) is 0 Å². The van der Waals surface area contributed by atoms with Crippen LogP contribution in [0.2, 0.25) is 0 Å². The SMILES string of the molecule is Cc1ccc(NC(=O)Cn2nc(-c3cccc(Br)c3)ccc2=O)cc1F. The van der Waals surface area contributed by atoms with Crippen molar-refractivity contribution < 1.29 is 9.18 Å². The molecule has 5 nitrogen and oxygen atoms in total. The predicted octanol–water partition coefficient (Wildman–Crippen LogP) is 3.76. The summed E-state index contributed by atoms with van der Waals surface area (Å²) in [4.78, 5) is 24.2. The number of nitrogens with zero attached hydrogens (tertiary/aromatic N) is 2. The first-order valence-corrected chi connectivity index (χ1v) is 8.62. The van der Waals surface area contributed by atoms with Gasteiger partial charge in [-0.15, -0.1) is 0 Å². The van der Waals surface area contributed by atoms with Gasteiger partial charge in [0.15, 0.2) is 0 Å². The van der Waals surface area contributed by atoms with E-state index in [2.05, 4.69) is 26.3 Å². The molecule has 2 aromatic carbocycles. The van der Waals surface area contributed by atoms with Gasteiger partial charge >= 0.3 is 0 Å². The Morgan fingerprint density at radius 1 is 1.19 bits per heavy atom. The lowest BCUT2D eigenvalue weighted by molar-refractivity contribution is -0.117. The molecule has 0 aliphatic rings. The van der Waals surface area contributed by atoms with Crippen molar-refractivity contribution in [3.05, 3.63) is 80.8 Å². The second-order valence-electron chi connectivity index (χ2n) is 5.74. The van der Waals surface area contributed by atoms with Crippen LogP contribution in [0.25, 0.3) is 11.3 Å². The third-order valence-corrected chi connectivity index (χ3v) is 4.23. The summed E-state index contributed by atoms with van der Waals surface area (Å²) >= 11 is 3.39. The third kappa shape index (κ3) is 4.23. The van der Waals surface area contributed by atoms with Gasteiger partial charge in [0.1, 0.15) is 12.4 Å². The molecule has 0 saturated heterocycles. The fourth-order valence-corrected chi connectivity index (χ4v) is 2.77. The average Bonchev–Trinajstić information content (AvgIpc) is 2.60. The van der Waals surface area contributed by atoms with Crippen LogP contribution in [-0.4, -0.2) is 15.7 Å². The molecule has 0 saturated carbocycles. The molecule has 0 aliphatic heterocycles. The minimum atomic E-state index is -0.464. The molecular weight excluding hydrogens is 401 g/mol. The van der Waals surface area contributed by atoms with Crippen molar-refractivity contribution in [2.75, 3.05) is 5.32 Å². The molecule has 1 amide bonds. The van der Waals surface area contributed by atoms with E-state index in [1.54, 1.807) is 25.1 Å². The van der Waals surface area contributed by atoms with E-state index in [0.717, 1.165) is 14.7 Å². The normalized spacial score (nSPS) is 10.6. The van der Waals surface area contributed by atoms with E-state index >= 15 is 0 Å². The zero-order valence-corrected chi connectivity index (χ0v) is 15.5. The number of anilines is 1. The fourth-order valence-electron chi connectivity index (χ4n) is 2.37. The molecule has 1 heterocycles. The molecule has 0 atom stereocenters. The Bertz CT molecular complexity index is 1030. The van der Waals surface area contributed by atoms with Crippen molar-refractivity contribution in [2.45, 2.75) is 13.5 Å². The van der Waals surface area contributed by atoms with Crippen LogP contribution in [0.3, 0.4) is 0 Å². The molecule has 26 heavy (non-hydrogen) atoms. The summed E-state index contributed by atoms with van der Waals surface area (Å²) in [5.74, 6) is -0.871. The maximum Gasteiger partial charge on any atom is 0.267 e. The van der Waals surface area contributed by atoms with Crippen molar-refractivity contribution in [1.29, 1.82) is 0 Å². The maximum absolute atomic E-state index is 13.6. The summed E-state index contributed by atoms with van der Waals surface area (Å²) in [6, 6.07) is 14.8. The van der Waals surface area contributed by atoms with Crippen molar-refractivity contribution in [3.63, 3.8) is 0 Å². The van der Waals surface area contributed by atoms with Gasteiger partial charge in [-0.25, -0.2) is 9.07 Å². The molecule has 1 aromatic heterocycles. The van der Waals surface area contributed by atoms with Crippen molar-refractivity contribution >= 4 is 27.5 Å². The quantitative estimate of drug-likeness (QED) is 0.705. The van der Waals surface area contributed by atoms with E-state index in [1.165, 1.54) is 12.1 Å². The Hall–Kier alpha value is -2.80. The third-order valence-electron chi connectivity index (χ3n) is 3.74. The van der Waals surface area contributed by atoms with Crippen molar-refractivity contribution in [1.82, 2.24) is 9.78 Å². The first kappa shape index (κ1) is 18.0. The lowest BCUT2D eigenvalue weighted by Gasteiger charge is -2.09. The number of aromatic nitrogens is 2. The van der Waals surface area contributed by atoms with Gasteiger partial charge in [-0.2, -0.15) is 5.10 Å². The minimum absolute atomic E-state index is 0.268. The van der Waals surface area contributed by atoms with Gasteiger partial charge in [0.05, 0.1) is 5.69 Å². The minimum Gasteiger partial charge on any atom is -0.324 e. The zero-order valence-electron chi connectivity index (χ0n) is 13.9. The monoisotopic (exact) mass is 415 g/mol. The highest BCUT2D eigenvalue weighted by molar-refractivity contribution is 9.10. The smallest absolute Gasteiger partial charge is 0.267 e. The molecule has 0 spiro atoms. The van der Waals surface area contributed by atoms with Gasteiger partial charge in [-0.3, -0.25) is 9.59 Å². The summed E-state index contributed by atoms with van der Waals surface area (Å²) in [6.45, 7) is 1.37. The Morgan fingerprint density at radius 3 is 2.73 bits per heavy atom. The van der Waals surface area contributed by atoms with Gasteiger partial charge in [0.25, 0.3) is 5.56 Å². The molecule has 3 rings (SSSR count).